The summed E-state index contributed by atoms with van der Waals surface area (Å²) in [4.78, 5) is 71.0. The molecule has 2 aliphatic rings. The number of benzene rings is 1. The summed E-state index contributed by atoms with van der Waals surface area (Å²) in [7, 11) is 1.64. The number of halogens is 3. The third-order valence-electron chi connectivity index (χ3n) is 17.4. The van der Waals surface area contributed by atoms with Crippen molar-refractivity contribution >= 4 is 58.0 Å². The summed E-state index contributed by atoms with van der Waals surface area (Å²) >= 11 is 0.679. The average molecular weight is 1750 g/mol. The van der Waals surface area contributed by atoms with Crippen molar-refractivity contribution in [3.05, 3.63) is 45.8 Å². The predicted molar refractivity (Wildman–Crippen MR) is 427 cm³/mol. The van der Waals surface area contributed by atoms with Crippen LogP contribution in [0.2, 0.25) is 0 Å². The van der Waals surface area contributed by atoms with Gasteiger partial charge in [-0.05, 0) is 57.6 Å². The van der Waals surface area contributed by atoms with Crippen LogP contribution in [-0.4, -0.2) is 369 Å². The Morgan fingerprint density at radius 1 is 0.442 bits per heavy atom. The van der Waals surface area contributed by atoms with Gasteiger partial charge in [0.25, 0.3) is 11.8 Å². The smallest absolute Gasteiger partial charge is 0.417 e. The van der Waals surface area contributed by atoms with Crippen LogP contribution in [-0.2, 0) is 149 Å². The maximum absolute atomic E-state index is 14.2. The number of fused-ring (bicyclic) bond motifs is 2. The number of amides is 3. The zero-order valence-corrected chi connectivity index (χ0v) is 71.4. The molecule has 3 amide bonds. The van der Waals surface area contributed by atoms with Crippen LogP contribution in [0.5, 0.6) is 0 Å². The van der Waals surface area contributed by atoms with Crippen LogP contribution < -0.4 is 15.8 Å². The fourth-order valence-electron chi connectivity index (χ4n) is 11.5. The molecule has 2 aromatic rings. The minimum absolute atomic E-state index is 0.00440. The van der Waals surface area contributed by atoms with Crippen LogP contribution in [0.15, 0.2) is 33.5 Å². The molecule has 0 spiro atoms. The zero-order valence-electron chi connectivity index (χ0n) is 70.6. The van der Waals surface area contributed by atoms with Crippen LogP contribution in [0.3, 0.4) is 0 Å². The molecular formula is C80H133F3N3O33S-. The highest BCUT2D eigenvalue weighted by Crippen LogP contribution is 2.45. The number of carbonyl (C=O) groups excluding carboxylic acids is 4. The molecule has 0 atom stereocenters. The average Bonchev–Trinajstić information content (AvgIpc) is 1.31. The van der Waals surface area contributed by atoms with Gasteiger partial charge >= 0.3 is 17.8 Å². The first-order valence-electron chi connectivity index (χ1n) is 41.5. The van der Waals surface area contributed by atoms with Gasteiger partial charge in [0, 0.05) is 106 Å². The Hall–Kier alpha value is -4.85. The molecule has 694 valence electrons. The molecule has 1 aromatic heterocycles. The first kappa shape index (κ1) is 107. The molecule has 1 aromatic carbocycles. The van der Waals surface area contributed by atoms with E-state index in [-0.39, 0.29) is 48.3 Å². The summed E-state index contributed by atoms with van der Waals surface area (Å²) in [6.45, 7) is 25.6. The molecular weight excluding hydrogens is 1620 g/mol. The topological polar surface area (TPSA) is 371 Å². The van der Waals surface area contributed by atoms with Gasteiger partial charge in [-0.15, -0.1) is 5.06 Å². The standard InChI is InChI=1S/C80H134F3N3O33S/c1-79(2)66-68(67-120-119-118-92)69-63-70-71(80(81,82)83)64-78(91)116-73(70)65-72(69)85(79)17-9-4-6-11-74(87)84(15-8-5-7-12-77(90)117-86-75(88)13-14-76(86)89)16-10-18-94-21-22-96-25-26-98-29-30-100-33-34-102-37-38-104-41-42-106-45-46-108-49-50-110-53-54-112-57-58-114-61-62-115-60-59-113-56-55-111-52-51-109-48-47-107-44-43-105-40-39-103-36-35-101-32-31-99-28-27-97-24-23-95-20-19-93-3/h63-66,92H,4-62,67H2,1-3H3/p-1. The van der Waals surface area contributed by atoms with Gasteiger partial charge in [0.05, 0.1) is 302 Å². The molecule has 2 aliphatic heterocycles. The third-order valence-corrected chi connectivity index (χ3v) is 18.0. The number of carbonyl (C=O) groups is 4. The first-order valence-corrected chi connectivity index (χ1v) is 42.4. The normalized spacial score (nSPS) is 13.6. The number of unbranched alkanes of at least 4 members (excludes halogenated alkanes) is 4. The minimum atomic E-state index is -4.84. The highest BCUT2D eigenvalue weighted by atomic mass is 32.2. The molecule has 0 saturated carbocycles. The van der Waals surface area contributed by atoms with Gasteiger partial charge < -0.3 is 133 Å². The highest BCUT2D eigenvalue weighted by molar-refractivity contribution is 7.95. The van der Waals surface area contributed by atoms with Crippen molar-refractivity contribution in [2.24, 2.45) is 0 Å². The van der Waals surface area contributed by atoms with E-state index in [1.54, 1.807) is 12.0 Å². The monoisotopic (exact) mass is 1750 g/mol. The van der Waals surface area contributed by atoms with E-state index in [2.05, 4.69) is 9.37 Å². The SMILES string of the molecule is COCCOCCOCCOCCOCCOCCOCCOCCOCCOCCOCCOCCOCCOCCOCCOCCOCCOCCOCCOCCOCCOCCOCCCN(CCCCCC(=O)ON1C(=O)CCC1=O)C(=O)CCCCCN1c2cc3oc(=O)cc(C(F)(F)F)c3cc2C(CSOO[O-])=CC1(C)C. The van der Waals surface area contributed by atoms with E-state index in [0.29, 0.717) is 402 Å². The molecule has 36 nitrogen and oxygen atoms in total. The van der Waals surface area contributed by atoms with Crippen molar-refractivity contribution in [3.8, 4) is 0 Å². The van der Waals surface area contributed by atoms with Gasteiger partial charge in [-0.1, -0.05) is 18.9 Å². The molecule has 0 unspecified atom stereocenters. The number of hydrogen-bond donors (Lipinski definition) is 0. The van der Waals surface area contributed by atoms with Crippen LogP contribution >= 0.6 is 12.0 Å². The van der Waals surface area contributed by atoms with Crippen LogP contribution in [0.25, 0.3) is 16.5 Å². The summed E-state index contributed by atoms with van der Waals surface area (Å²) in [5.74, 6) is -1.80. The molecule has 0 aliphatic carbocycles. The molecule has 3 heterocycles. The number of alkyl halides is 3. The van der Waals surface area contributed by atoms with E-state index in [0.717, 1.165) is 0 Å². The lowest BCUT2D eigenvalue weighted by molar-refractivity contribution is -0.777. The van der Waals surface area contributed by atoms with Gasteiger partial charge in [-0.2, -0.15) is 17.5 Å². The number of imide groups is 1. The second-order valence-corrected chi connectivity index (χ2v) is 27.7. The lowest BCUT2D eigenvalue weighted by atomic mass is 9.87. The van der Waals surface area contributed by atoms with Crippen molar-refractivity contribution in [1.82, 2.24) is 9.96 Å². The predicted octanol–water partition coefficient (Wildman–Crippen LogP) is 5.62. The Morgan fingerprint density at radius 3 is 1.12 bits per heavy atom. The summed E-state index contributed by atoms with van der Waals surface area (Å²) < 4.78 is 179. The lowest BCUT2D eigenvalue weighted by Gasteiger charge is -2.44. The van der Waals surface area contributed by atoms with E-state index in [4.69, 9.17) is 118 Å². The van der Waals surface area contributed by atoms with Crippen LogP contribution in [0, 0.1) is 0 Å². The van der Waals surface area contributed by atoms with E-state index in [9.17, 15) is 42.4 Å². The Bertz CT molecular complexity index is 2960. The van der Waals surface area contributed by atoms with Crippen LogP contribution in [0.1, 0.15) is 95.6 Å². The lowest BCUT2D eigenvalue weighted by Crippen LogP contribution is -2.46. The number of methoxy groups -OCH3 is 1. The van der Waals surface area contributed by atoms with E-state index in [1.165, 1.54) is 12.1 Å². The van der Waals surface area contributed by atoms with Gasteiger partial charge in [0.15, 0.2) is 0 Å². The number of ether oxygens (including phenoxy) is 23. The van der Waals surface area contributed by atoms with E-state index < -0.39 is 40.7 Å². The second kappa shape index (κ2) is 73.4. The molecule has 0 bridgehead atoms. The fourth-order valence-corrected chi connectivity index (χ4v) is 11.9. The van der Waals surface area contributed by atoms with Gasteiger partial charge in [0.1, 0.15) is 5.58 Å². The molecule has 120 heavy (non-hydrogen) atoms. The Morgan fingerprint density at radius 2 is 0.775 bits per heavy atom. The Labute approximate surface area is 707 Å². The molecule has 4 rings (SSSR count). The maximum Gasteiger partial charge on any atom is 0.417 e. The quantitative estimate of drug-likeness (QED) is 0.0193. The van der Waals surface area contributed by atoms with Gasteiger partial charge in [0.2, 0.25) is 5.91 Å². The van der Waals surface area contributed by atoms with Gasteiger partial charge in [-0.3, -0.25) is 19.4 Å². The summed E-state index contributed by atoms with van der Waals surface area (Å²) in [6.07, 6.45) is 1.13. The summed E-state index contributed by atoms with van der Waals surface area (Å²) in [5.41, 5.74) is -1.68. The summed E-state index contributed by atoms with van der Waals surface area (Å²) in [5, 5.41) is 14.3. The van der Waals surface area contributed by atoms with Crippen molar-refractivity contribution in [1.29, 1.82) is 0 Å². The number of hydrogen-bond acceptors (Lipinski definition) is 35. The second-order valence-electron chi connectivity index (χ2n) is 27.1. The minimum Gasteiger partial charge on any atom is -0.691 e. The van der Waals surface area contributed by atoms with E-state index in [1.807, 2.05) is 24.8 Å². The number of hydroxylamine groups is 2. The fraction of sp³-hybridized carbons (Fsp3) is 0.812. The molecule has 1 fully saturated rings. The highest BCUT2D eigenvalue weighted by Gasteiger charge is 2.38. The van der Waals surface area contributed by atoms with Crippen molar-refractivity contribution in [2.75, 3.05) is 335 Å². The Kier molecular flexibility index (Phi) is 65.7. The number of rotatable bonds is 87. The number of nitrogens with zero attached hydrogens (tertiary/aromatic N) is 3. The summed E-state index contributed by atoms with van der Waals surface area (Å²) in [6, 6.07) is 3.18. The largest absolute Gasteiger partial charge is 0.691 e. The third kappa shape index (κ3) is 54.8. The molecule has 0 radical (unpaired) electrons. The molecule has 0 N–H and O–H groups in total. The van der Waals surface area contributed by atoms with Crippen molar-refractivity contribution in [2.45, 2.75) is 96.2 Å². The van der Waals surface area contributed by atoms with Crippen molar-refractivity contribution in [3.63, 3.8) is 0 Å². The molecule has 40 heteroatoms. The number of anilines is 1. The van der Waals surface area contributed by atoms with Crippen LogP contribution in [0.4, 0.5) is 18.9 Å². The van der Waals surface area contributed by atoms with E-state index >= 15 is 0 Å². The first-order chi connectivity index (χ1) is 58.7. The molecule has 1 saturated heterocycles. The zero-order chi connectivity index (χ0) is 86.1. The Balaban J connectivity index is 0.851. The maximum atomic E-state index is 14.2. The van der Waals surface area contributed by atoms with Crippen molar-refractivity contribution < 1.29 is 165 Å². The van der Waals surface area contributed by atoms with Gasteiger partial charge in [-0.25, -0.2) is 9.59 Å².